The van der Waals surface area contributed by atoms with E-state index in [0.29, 0.717) is 17.5 Å². The fourth-order valence-corrected chi connectivity index (χ4v) is 2.72. The molecule has 0 radical (unpaired) electrons. The van der Waals surface area contributed by atoms with Gasteiger partial charge in [-0.05, 0) is 37.1 Å². The summed E-state index contributed by atoms with van der Waals surface area (Å²) in [4.78, 5) is 12.7. The summed E-state index contributed by atoms with van der Waals surface area (Å²) >= 11 is 0. The van der Waals surface area contributed by atoms with E-state index in [2.05, 4.69) is 0 Å². The van der Waals surface area contributed by atoms with Gasteiger partial charge in [0.2, 0.25) is 0 Å². The maximum absolute atomic E-state index is 12.7. The van der Waals surface area contributed by atoms with E-state index in [1.165, 1.54) is 0 Å². The Morgan fingerprint density at radius 3 is 2.48 bits per heavy atom. The number of rotatable bonds is 2. The second-order valence-electron chi connectivity index (χ2n) is 5.16. The van der Waals surface area contributed by atoms with Gasteiger partial charge in [0.15, 0.2) is 0 Å². The van der Waals surface area contributed by atoms with Crippen molar-refractivity contribution in [1.82, 2.24) is 4.57 Å². The maximum Gasteiger partial charge on any atom is 0.262 e. The van der Waals surface area contributed by atoms with Gasteiger partial charge >= 0.3 is 0 Å². The van der Waals surface area contributed by atoms with Gasteiger partial charge in [-0.3, -0.25) is 4.79 Å². The van der Waals surface area contributed by atoms with E-state index in [4.69, 9.17) is 0 Å². The molecule has 0 atom stereocenters. The van der Waals surface area contributed by atoms with Gasteiger partial charge in [0.25, 0.3) is 5.56 Å². The van der Waals surface area contributed by atoms with Crippen molar-refractivity contribution in [3.05, 3.63) is 64.4 Å². The molecule has 3 heteroatoms. The molecule has 21 heavy (non-hydrogen) atoms. The van der Waals surface area contributed by atoms with Crippen molar-refractivity contribution in [2.24, 2.45) is 0 Å². The Kier molecular flexibility index (Phi) is 3.26. The van der Waals surface area contributed by atoms with Gasteiger partial charge in [0.05, 0.1) is 11.1 Å². The van der Waals surface area contributed by atoms with Crippen molar-refractivity contribution < 1.29 is 5.11 Å². The smallest absolute Gasteiger partial charge is 0.262 e. The Morgan fingerprint density at radius 2 is 1.81 bits per heavy atom. The predicted molar refractivity (Wildman–Crippen MR) is 85.7 cm³/mol. The average molecular weight is 279 g/mol. The van der Waals surface area contributed by atoms with Crippen molar-refractivity contribution >= 4 is 10.9 Å². The summed E-state index contributed by atoms with van der Waals surface area (Å²) in [5.74, 6) is 0.0610. The van der Waals surface area contributed by atoms with Gasteiger partial charge in [-0.2, -0.15) is 0 Å². The van der Waals surface area contributed by atoms with Crippen LogP contribution in [0.5, 0.6) is 5.75 Å². The third kappa shape index (κ3) is 2.11. The molecule has 0 fully saturated rings. The first-order chi connectivity index (χ1) is 10.1. The molecule has 0 saturated carbocycles. The standard InChI is InChI=1S/C18H17NO2/c1-3-19-15-11-12(2)9-10-14(15)17(20)16(18(19)21)13-7-5-4-6-8-13/h4-11,20H,3H2,1-2H3. The summed E-state index contributed by atoms with van der Waals surface area (Å²) in [5.41, 5.74) is 2.80. The number of hydrogen-bond acceptors (Lipinski definition) is 2. The van der Waals surface area contributed by atoms with Gasteiger partial charge < -0.3 is 9.67 Å². The summed E-state index contributed by atoms with van der Waals surface area (Å²) in [6, 6.07) is 15.1. The van der Waals surface area contributed by atoms with Crippen molar-refractivity contribution in [3.8, 4) is 16.9 Å². The molecule has 1 aromatic heterocycles. The van der Waals surface area contributed by atoms with Crippen LogP contribution >= 0.6 is 0 Å². The SMILES string of the molecule is CCn1c(=O)c(-c2ccccc2)c(O)c2ccc(C)cc21. The Labute approximate surface area is 123 Å². The zero-order valence-electron chi connectivity index (χ0n) is 12.1. The molecular formula is C18H17NO2. The zero-order chi connectivity index (χ0) is 15.0. The van der Waals surface area contributed by atoms with Crippen LogP contribution < -0.4 is 5.56 Å². The Balaban J connectivity index is 2.48. The summed E-state index contributed by atoms with van der Waals surface area (Å²) in [6.07, 6.45) is 0. The molecule has 0 saturated heterocycles. The zero-order valence-corrected chi connectivity index (χ0v) is 12.1. The summed E-state index contributed by atoms with van der Waals surface area (Å²) in [5, 5.41) is 11.3. The third-order valence-corrected chi connectivity index (χ3v) is 3.77. The number of aromatic hydroxyl groups is 1. The van der Waals surface area contributed by atoms with Crippen molar-refractivity contribution in [3.63, 3.8) is 0 Å². The van der Waals surface area contributed by atoms with E-state index in [-0.39, 0.29) is 11.3 Å². The first-order valence-electron chi connectivity index (χ1n) is 7.05. The van der Waals surface area contributed by atoms with Gasteiger partial charge in [0, 0.05) is 11.9 Å². The molecule has 0 aliphatic rings. The largest absolute Gasteiger partial charge is 0.506 e. The highest BCUT2D eigenvalue weighted by atomic mass is 16.3. The maximum atomic E-state index is 12.7. The molecule has 3 aromatic rings. The van der Waals surface area contributed by atoms with E-state index in [9.17, 15) is 9.90 Å². The second-order valence-corrected chi connectivity index (χ2v) is 5.16. The van der Waals surface area contributed by atoms with E-state index in [0.717, 1.165) is 16.6 Å². The molecule has 2 aromatic carbocycles. The highest BCUT2D eigenvalue weighted by Gasteiger charge is 2.16. The monoisotopic (exact) mass is 279 g/mol. The molecule has 1 heterocycles. The minimum atomic E-state index is -0.153. The normalized spacial score (nSPS) is 11.0. The van der Waals surface area contributed by atoms with Crippen LogP contribution in [-0.2, 0) is 6.54 Å². The molecule has 3 nitrogen and oxygen atoms in total. The minimum absolute atomic E-state index is 0.0610. The molecular weight excluding hydrogens is 262 g/mol. The van der Waals surface area contributed by atoms with E-state index >= 15 is 0 Å². The van der Waals surface area contributed by atoms with E-state index < -0.39 is 0 Å². The molecule has 0 aliphatic carbocycles. The van der Waals surface area contributed by atoms with Crippen LogP contribution in [0.3, 0.4) is 0 Å². The van der Waals surface area contributed by atoms with Crippen LogP contribution in [0.2, 0.25) is 0 Å². The van der Waals surface area contributed by atoms with Crippen LogP contribution in [0.25, 0.3) is 22.0 Å². The number of benzene rings is 2. The topological polar surface area (TPSA) is 42.2 Å². The number of nitrogens with zero attached hydrogens (tertiary/aromatic N) is 1. The van der Waals surface area contributed by atoms with Crippen LogP contribution in [0.1, 0.15) is 12.5 Å². The van der Waals surface area contributed by atoms with Crippen LogP contribution in [-0.4, -0.2) is 9.67 Å². The van der Waals surface area contributed by atoms with Gasteiger partial charge in [-0.25, -0.2) is 0 Å². The average Bonchev–Trinajstić information content (AvgIpc) is 2.48. The highest BCUT2D eigenvalue weighted by molar-refractivity contribution is 5.92. The number of pyridine rings is 1. The second kappa shape index (κ2) is 5.09. The molecule has 0 amide bonds. The summed E-state index contributed by atoms with van der Waals surface area (Å²) in [6.45, 7) is 4.49. The number of fused-ring (bicyclic) bond motifs is 1. The van der Waals surface area contributed by atoms with Crippen molar-refractivity contribution in [2.45, 2.75) is 20.4 Å². The number of aryl methyl sites for hydroxylation is 2. The Hall–Kier alpha value is -2.55. The lowest BCUT2D eigenvalue weighted by Crippen LogP contribution is -2.21. The lowest BCUT2D eigenvalue weighted by atomic mass is 10.0. The van der Waals surface area contributed by atoms with Crippen LogP contribution in [0, 0.1) is 6.92 Å². The molecule has 3 rings (SSSR count). The van der Waals surface area contributed by atoms with E-state index in [1.54, 1.807) is 4.57 Å². The van der Waals surface area contributed by atoms with Gasteiger partial charge in [0.1, 0.15) is 5.75 Å². The highest BCUT2D eigenvalue weighted by Crippen LogP contribution is 2.33. The third-order valence-electron chi connectivity index (χ3n) is 3.77. The molecule has 1 N–H and O–H groups in total. The lowest BCUT2D eigenvalue weighted by Gasteiger charge is -2.14. The van der Waals surface area contributed by atoms with Crippen LogP contribution in [0.15, 0.2) is 53.3 Å². The fourth-order valence-electron chi connectivity index (χ4n) is 2.72. The first-order valence-corrected chi connectivity index (χ1v) is 7.05. The minimum Gasteiger partial charge on any atom is -0.506 e. The van der Waals surface area contributed by atoms with Crippen molar-refractivity contribution in [2.75, 3.05) is 0 Å². The lowest BCUT2D eigenvalue weighted by molar-refractivity contribution is 0.481. The Morgan fingerprint density at radius 1 is 1.10 bits per heavy atom. The van der Waals surface area contributed by atoms with Gasteiger partial charge in [-0.1, -0.05) is 36.4 Å². The Bertz CT molecular complexity index is 864. The molecule has 0 bridgehead atoms. The fraction of sp³-hybridized carbons (Fsp3) is 0.167. The van der Waals surface area contributed by atoms with Gasteiger partial charge in [-0.15, -0.1) is 0 Å². The summed E-state index contributed by atoms with van der Waals surface area (Å²) < 4.78 is 1.71. The number of hydrogen-bond donors (Lipinski definition) is 1. The molecule has 0 aliphatic heterocycles. The quantitative estimate of drug-likeness (QED) is 0.777. The molecule has 106 valence electrons. The number of aromatic nitrogens is 1. The van der Waals surface area contributed by atoms with Crippen molar-refractivity contribution in [1.29, 1.82) is 0 Å². The molecule has 0 unspecified atom stereocenters. The predicted octanol–water partition coefficient (Wildman–Crippen LogP) is 3.70. The van der Waals surface area contributed by atoms with E-state index in [1.807, 2.05) is 62.4 Å². The van der Waals surface area contributed by atoms with Crippen LogP contribution in [0.4, 0.5) is 0 Å². The first kappa shape index (κ1) is 13.4. The summed E-state index contributed by atoms with van der Waals surface area (Å²) in [7, 11) is 0. The molecule has 0 spiro atoms.